The molecule has 0 atom stereocenters. The molecule has 1 aromatic carbocycles. The molecular formula is C13H15F3N2O3. The lowest BCUT2D eigenvalue weighted by atomic mass is 9.92. The van der Waals surface area contributed by atoms with Crippen molar-refractivity contribution in [3.63, 3.8) is 0 Å². The summed E-state index contributed by atoms with van der Waals surface area (Å²) < 4.78 is 37.7. The molecule has 0 bridgehead atoms. The standard InChI is InChI=1S/C13H15F3N2O3/c1-12(2,11(17)21)6-18-9-4-3-7(13(14,15)16)5-8(9)10(19)20/h3-5,18H,6H2,1-2H3,(H2,17,21)(H,19,20). The van der Waals surface area contributed by atoms with Gasteiger partial charge >= 0.3 is 12.1 Å². The highest BCUT2D eigenvalue weighted by Gasteiger charge is 2.32. The third kappa shape index (κ3) is 4.11. The van der Waals surface area contributed by atoms with Gasteiger partial charge in [-0.2, -0.15) is 13.2 Å². The van der Waals surface area contributed by atoms with Crippen molar-refractivity contribution >= 4 is 17.6 Å². The van der Waals surface area contributed by atoms with E-state index >= 15 is 0 Å². The van der Waals surface area contributed by atoms with Gasteiger partial charge in [0.25, 0.3) is 0 Å². The first-order valence-corrected chi connectivity index (χ1v) is 5.93. The lowest BCUT2D eigenvalue weighted by Gasteiger charge is -2.22. The Morgan fingerprint density at radius 2 is 1.86 bits per heavy atom. The molecule has 21 heavy (non-hydrogen) atoms. The third-order valence-corrected chi connectivity index (χ3v) is 2.97. The Hall–Kier alpha value is -2.25. The quantitative estimate of drug-likeness (QED) is 0.778. The molecule has 0 radical (unpaired) electrons. The summed E-state index contributed by atoms with van der Waals surface area (Å²) in [5.74, 6) is -2.11. The van der Waals surface area contributed by atoms with Crippen LogP contribution in [0.5, 0.6) is 0 Å². The van der Waals surface area contributed by atoms with E-state index in [4.69, 9.17) is 10.8 Å². The third-order valence-electron chi connectivity index (χ3n) is 2.97. The Morgan fingerprint density at radius 3 is 2.29 bits per heavy atom. The zero-order valence-corrected chi connectivity index (χ0v) is 11.4. The van der Waals surface area contributed by atoms with Crippen LogP contribution in [-0.4, -0.2) is 23.5 Å². The summed E-state index contributed by atoms with van der Waals surface area (Å²) in [4.78, 5) is 22.2. The number of hydrogen-bond acceptors (Lipinski definition) is 3. The molecule has 1 amide bonds. The second-order valence-electron chi connectivity index (χ2n) is 5.16. The van der Waals surface area contributed by atoms with Crippen LogP contribution in [0, 0.1) is 5.41 Å². The SMILES string of the molecule is CC(C)(CNc1ccc(C(F)(F)F)cc1C(=O)O)C(N)=O. The first kappa shape index (κ1) is 16.8. The number of benzene rings is 1. The van der Waals surface area contributed by atoms with Gasteiger partial charge in [-0.25, -0.2) is 4.79 Å². The van der Waals surface area contributed by atoms with Crippen molar-refractivity contribution in [3.8, 4) is 0 Å². The topological polar surface area (TPSA) is 92.4 Å². The van der Waals surface area contributed by atoms with E-state index in [2.05, 4.69) is 5.32 Å². The molecule has 8 heteroatoms. The van der Waals surface area contributed by atoms with Gasteiger partial charge in [-0.05, 0) is 32.0 Å². The highest BCUT2D eigenvalue weighted by atomic mass is 19.4. The lowest BCUT2D eigenvalue weighted by Crippen LogP contribution is -2.37. The molecule has 0 saturated heterocycles. The number of carbonyl (C=O) groups is 2. The van der Waals surface area contributed by atoms with E-state index in [-0.39, 0.29) is 12.2 Å². The van der Waals surface area contributed by atoms with Crippen molar-refractivity contribution in [3.05, 3.63) is 29.3 Å². The van der Waals surface area contributed by atoms with Crippen LogP contribution in [0.25, 0.3) is 0 Å². The molecule has 0 heterocycles. The molecule has 4 N–H and O–H groups in total. The number of carboxylic acids is 1. The second-order valence-corrected chi connectivity index (χ2v) is 5.16. The van der Waals surface area contributed by atoms with Crippen LogP contribution in [0.2, 0.25) is 0 Å². The Bertz CT molecular complexity index is 568. The van der Waals surface area contributed by atoms with E-state index in [1.807, 2.05) is 0 Å². The van der Waals surface area contributed by atoms with Crippen molar-refractivity contribution in [2.45, 2.75) is 20.0 Å². The molecule has 1 rings (SSSR count). The number of nitrogens with one attached hydrogen (secondary N) is 1. The summed E-state index contributed by atoms with van der Waals surface area (Å²) in [6, 6.07) is 2.33. The fourth-order valence-corrected chi connectivity index (χ4v) is 1.45. The van der Waals surface area contributed by atoms with Gasteiger partial charge in [0, 0.05) is 12.2 Å². The summed E-state index contributed by atoms with van der Waals surface area (Å²) in [7, 11) is 0. The monoisotopic (exact) mass is 304 g/mol. The number of hydrogen-bond donors (Lipinski definition) is 3. The number of rotatable bonds is 5. The average molecular weight is 304 g/mol. The van der Waals surface area contributed by atoms with Gasteiger partial charge in [-0.1, -0.05) is 0 Å². The minimum absolute atomic E-state index is 0.00597. The molecule has 116 valence electrons. The first-order valence-electron chi connectivity index (χ1n) is 5.93. The van der Waals surface area contributed by atoms with Crippen molar-refractivity contribution in [2.75, 3.05) is 11.9 Å². The van der Waals surface area contributed by atoms with Gasteiger partial charge in [-0.3, -0.25) is 4.79 Å². The highest BCUT2D eigenvalue weighted by molar-refractivity contribution is 5.94. The van der Waals surface area contributed by atoms with E-state index < -0.39 is 34.6 Å². The maximum Gasteiger partial charge on any atom is 0.416 e. The van der Waals surface area contributed by atoms with Gasteiger partial charge in [0.15, 0.2) is 0 Å². The van der Waals surface area contributed by atoms with E-state index in [1.165, 1.54) is 13.8 Å². The van der Waals surface area contributed by atoms with Crippen LogP contribution in [0.4, 0.5) is 18.9 Å². The van der Waals surface area contributed by atoms with Crippen LogP contribution in [-0.2, 0) is 11.0 Å². The Morgan fingerprint density at radius 1 is 1.29 bits per heavy atom. The molecule has 1 aromatic rings. The average Bonchev–Trinajstić information content (AvgIpc) is 2.34. The van der Waals surface area contributed by atoms with Crippen molar-refractivity contribution < 1.29 is 27.9 Å². The number of aromatic carboxylic acids is 1. The fourth-order valence-electron chi connectivity index (χ4n) is 1.45. The molecule has 0 unspecified atom stereocenters. The maximum absolute atomic E-state index is 12.6. The van der Waals surface area contributed by atoms with Crippen LogP contribution in [0.15, 0.2) is 18.2 Å². The van der Waals surface area contributed by atoms with Crippen LogP contribution in [0.1, 0.15) is 29.8 Å². The Labute approximate surface area is 118 Å². The van der Waals surface area contributed by atoms with Crippen LogP contribution < -0.4 is 11.1 Å². The number of alkyl halides is 3. The second kappa shape index (κ2) is 5.63. The first-order chi connectivity index (χ1) is 9.45. The number of halogens is 3. The number of nitrogens with two attached hydrogens (primary N) is 1. The van der Waals surface area contributed by atoms with Gasteiger partial charge in [0.1, 0.15) is 0 Å². The highest BCUT2D eigenvalue weighted by Crippen LogP contribution is 2.32. The summed E-state index contributed by atoms with van der Waals surface area (Å²) in [6.45, 7) is 3.06. The Balaban J connectivity index is 3.09. The number of amides is 1. The lowest BCUT2D eigenvalue weighted by molar-refractivity contribution is -0.137. The van der Waals surface area contributed by atoms with E-state index in [1.54, 1.807) is 0 Å². The summed E-state index contributed by atoms with van der Waals surface area (Å²) >= 11 is 0. The van der Waals surface area contributed by atoms with Crippen molar-refractivity contribution in [2.24, 2.45) is 11.1 Å². The number of anilines is 1. The van der Waals surface area contributed by atoms with Crippen molar-refractivity contribution in [1.82, 2.24) is 0 Å². The molecular weight excluding hydrogens is 289 g/mol. The molecule has 0 fully saturated rings. The fraction of sp³-hybridized carbons (Fsp3) is 0.385. The molecule has 0 aliphatic heterocycles. The van der Waals surface area contributed by atoms with Gasteiger partial charge in [0.05, 0.1) is 16.5 Å². The molecule has 0 saturated carbocycles. The van der Waals surface area contributed by atoms with Crippen LogP contribution in [0.3, 0.4) is 0 Å². The normalized spacial score (nSPS) is 12.0. The number of carbonyl (C=O) groups excluding carboxylic acids is 1. The molecule has 0 aromatic heterocycles. The summed E-state index contributed by atoms with van der Waals surface area (Å²) in [5, 5.41) is 11.6. The van der Waals surface area contributed by atoms with Crippen LogP contribution >= 0.6 is 0 Å². The minimum atomic E-state index is -4.63. The molecule has 0 aliphatic carbocycles. The summed E-state index contributed by atoms with van der Waals surface area (Å²) in [6.07, 6.45) is -4.63. The largest absolute Gasteiger partial charge is 0.478 e. The van der Waals surface area contributed by atoms with Gasteiger partial charge in [0.2, 0.25) is 5.91 Å². The zero-order chi connectivity index (χ0) is 16.4. The number of primary amides is 1. The summed E-state index contributed by atoms with van der Waals surface area (Å²) in [5.41, 5.74) is 2.61. The predicted octanol–water partition coefficient (Wildman–Crippen LogP) is 2.33. The smallest absolute Gasteiger partial charge is 0.416 e. The van der Waals surface area contributed by atoms with E-state index in [0.717, 1.165) is 12.1 Å². The van der Waals surface area contributed by atoms with E-state index in [0.29, 0.717) is 6.07 Å². The number of carboxylic acid groups (broad SMARTS) is 1. The molecule has 5 nitrogen and oxygen atoms in total. The molecule has 0 aliphatic rings. The minimum Gasteiger partial charge on any atom is -0.478 e. The zero-order valence-electron chi connectivity index (χ0n) is 11.4. The molecule has 0 spiro atoms. The van der Waals surface area contributed by atoms with Crippen molar-refractivity contribution in [1.29, 1.82) is 0 Å². The predicted molar refractivity (Wildman–Crippen MR) is 69.9 cm³/mol. The Kier molecular flexibility index (Phi) is 4.50. The maximum atomic E-state index is 12.6. The van der Waals surface area contributed by atoms with E-state index in [9.17, 15) is 22.8 Å². The van der Waals surface area contributed by atoms with Gasteiger partial charge in [-0.15, -0.1) is 0 Å². The van der Waals surface area contributed by atoms with Gasteiger partial charge < -0.3 is 16.2 Å².